The van der Waals surface area contributed by atoms with Crippen molar-refractivity contribution in [2.45, 2.75) is 26.2 Å². The summed E-state index contributed by atoms with van der Waals surface area (Å²) in [4.78, 5) is 10.4. The second-order valence-corrected chi connectivity index (χ2v) is 2.57. The van der Waals surface area contributed by atoms with Crippen LogP contribution in [0.5, 0.6) is 0 Å². The lowest BCUT2D eigenvalue weighted by molar-refractivity contribution is -0.118. The molecule has 0 atom stereocenters. The molecule has 0 saturated heterocycles. The van der Waals surface area contributed by atoms with Gasteiger partial charge in [0.1, 0.15) is 0 Å². The molecule has 0 spiro atoms. The van der Waals surface area contributed by atoms with Crippen molar-refractivity contribution in [3.05, 3.63) is 12.2 Å². The fourth-order valence-electron chi connectivity index (χ4n) is 0.947. The van der Waals surface area contributed by atoms with E-state index in [0.717, 1.165) is 25.0 Å². The average molecular weight is 152 g/mol. The van der Waals surface area contributed by atoms with E-state index in [4.69, 9.17) is 0 Å². The molecule has 1 amide bonds. The summed E-state index contributed by atoms with van der Waals surface area (Å²) in [6, 6.07) is 0. The Morgan fingerprint density at radius 1 is 1.73 bits per heavy atom. The fraction of sp³-hybridized carbons (Fsp3) is 0.500. The van der Waals surface area contributed by atoms with E-state index in [2.05, 4.69) is 16.6 Å². The van der Waals surface area contributed by atoms with Crippen molar-refractivity contribution in [2.75, 3.05) is 0 Å². The molecule has 0 radical (unpaired) electrons. The van der Waals surface area contributed by atoms with Gasteiger partial charge < -0.3 is 0 Å². The lowest BCUT2D eigenvalue weighted by atomic mass is 10.1. The van der Waals surface area contributed by atoms with Gasteiger partial charge >= 0.3 is 0 Å². The molecule has 3 heteroatoms. The van der Waals surface area contributed by atoms with E-state index < -0.39 is 0 Å². The fourth-order valence-corrected chi connectivity index (χ4v) is 0.947. The standard InChI is InChI=1S/C8H12N2O/c1-7(11)9-10-8-5-3-2-4-6-8/h3,5H,2,4,6H2,1H3,(H,9,11)/b10-8-. The normalized spacial score (nSPS) is 20.3. The zero-order chi connectivity index (χ0) is 8.10. The first kappa shape index (κ1) is 7.98. The number of carbonyl (C=O) groups excluding carboxylic acids is 1. The lowest BCUT2D eigenvalue weighted by Gasteiger charge is -2.04. The van der Waals surface area contributed by atoms with E-state index in [1.165, 1.54) is 6.92 Å². The molecule has 1 rings (SSSR count). The number of hydrazone groups is 1. The van der Waals surface area contributed by atoms with Crippen LogP contribution in [0.25, 0.3) is 0 Å². The van der Waals surface area contributed by atoms with Crippen LogP contribution in [-0.2, 0) is 4.79 Å². The van der Waals surface area contributed by atoms with Crippen molar-refractivity contribution in [1.82, 2.24) is 5.43 Å². The maximum absolute atomic E-state index is 10.4. The smallest absolute Gasteiger partial charge is 0.236 e. The summed E-state index contributed by atoms with van der Waals surface area (Å²) in [5.41, 5.74) is 3.38. The molecule has 11 heavy (non-hydrogen) atoms. The molecule has 60 valence electrons. The second-order valence-electron chi connectivity index (χ2n) is 2.57. The van der Waals surface area contributed by atoms with Gasteiger partial charge in [0.15, 0.2) is 0 Å². The van der Waals surface area contributed by atoms with Crippen molar-refractivity contribution in [3.63, 3.8) is 0 Å². The molecule has 1 aliphatic rings. The molecule has 0 unspecified atom stereocenters. The molecule has 0 saturated carbocycles. The minimum Gasteiger partial charge on any atom is -0.274 e. The Labute approximate surface area is 66.2 Å². The second kappa shape index (κ2) is 3.91. The van der Waals surface area contributed by atoms with Gasteiger partial charge in [-0.15, -0.1) is 0 Å². The zero-order valence-electron chi connectivity index (χ0n) is 6.63. The first-order chi connectivity index (χ1) is 5.29. The molecule has 0 fully saturated rings. The Morgan fingerprint density at radius 3 is 3.09 bits per heavy atom. The highest BCUT2D eigenvalue weighted by Gasteiger charge is 1.99. The van der Waals surface area contributed by atoms with Gasteiger partial charge in [0, 0.05) is 6.92 Å². The highest BCUT2D eigenvalue weighted by atomic mass is 16.2. The first-order valence-corrected chi connectivity index (χ1v) is 3.79. The van der Waals surface area contributed by atoms with Crippen molar-refractivity contribution < 1.29 is 4.79 Å². The van der Waals surface area contributed by atoms with Gasteiger partial charge in [0.05, 0.1) is 5.71 Å². The molecule has 1 N–H and O–H groups in total. The molecule has 0 aromatic carbocycles. The Bertz CT molecular complexity index is 206. The molecule has 0 aliphatic heterocycles. The minimum atomic E-state index is -0.114. The topological polar surface area (TPSA) is 41.5 Å². The monoisotopic (exact) mass is 152 g/mol. The van der Waals surface area contributed by atoms with Gasteiger partial charge in [-0.3, -0.25) is 4.79 Å². The first-order valence-electron chi connectivity index (χ1n) is 3.79. The van der Waals surface area contributed by atoms with E-state index in [-0.39, 0.29) is 5.91 Å². The van der Waals surface area contributed by atoms with Gasteiger partial charge in [-0.05, 0) is 25.3 Å². The van der Waals surface area contributed by atoms with Crippen LogP contribution >= 0.6 is 0 Å². The van der Waals surface area contributed by atoms with Gasteiger partial charge in [0.2, 0.25) is 5.91 Å². The molecule has 1 aliphatic carbocycles. The molecule has 3 nitrogen and oxygen atoms in total. The number of amides is 1. The molecular formula is C8H12N2O. The van der Waals surface area contributed by atoms with Crippen LogP contribution < -0.4 is 5.43 Å². The highest BCUT2D eigenvalue weighted by Crippen LogP contribution is 2.06. The summed E-state index contributed by atoms with van der Waals surface area (Å²) in [6.45, 7) is 1.45. The number of hydrogen-bond donors (Lipinski definition) is 1. The molecule has 0 aromatic heterocycles. The van der Waals surface area contributed by atoms with Crippen LogP contribution in [0.3, 0.4) is 0 Å². The Balaban J connectivity index is 2.44. The number of allylic oxidation sites excluding steroid dienone is 2. The predicted molar refractivity (Wildman–Crippen MR) is 44.2 cm³/mol. The van der Waals surface area contributed by atoms with Gasteiger partial charge in [-0.2, -0.15) is 5.10 Å². The van der Waals surface area contributed by atoms with E-state index >= 15 is 0 Å². The quantitative estimate of drug-likeness (QED) is 0.564. The van der Waals surface area contributed by atoms with Gasteiger partial charge in [0.25, 0.3) is 0 Å². The van der Waals surface area contributed by atoms with Crippen LogP contribution in [0.1, 0.15) is 26.2 Å². The predicted octanol–water partition coefficient (Wildman–Crippen LogP) is 1.22. The van der Waals surface area contributed by atoms with Crippen molar-refractivity contribution in [3.8, 4) is 0 Å². The number of nitrogens with one attached hydrogen (secondary N) is 1. The van der Waals surface area contributed by atoms with Crippen molar-refractivity contribution >= 4 is 11.6 Å². The number of carbonyl (C=O) groups is 1. The molecule has 0 heterocycles. The number of hydrogen-bond acceptors (Lipinski definition) is 2. The van der Waals surface area contributed by atoms with Crippen LogP contribution in [0, 0.1) is 0 Å². The van der Waals surface area contributed by atoms with Crippen LogP contribution in [0.2, 0.25) is 0 Å². The van der Waals surface area contributed by atoms with Gasteiger partial charge in [-0.25, -0.2) is 5.43 Å². The summed E-state index contributed by atoms with van der Waals surface area (Å²) < 4.78 is 0. The van der Waals surface area contributed by atoms with E-state index in [1.54, 1.807) is 0 Å². The largest absolute Gasteiger partial charge is 0.274 e. The highest BCUT2D eigenvalue weighted by molar-refractivity contribution is 5.96. The molecule has 0 aromatic rings. The molecule has 0 bridgehead atoms. The lowest BCUT2D eigenvalue weighted by Crippen LogP contribution is -2.15. The average Bonchev–Trinajstić information content (AvgIpc) is 2.03. The van der Waals surface area contributed by atoms with Crippen LogP contribution in [0.4, 0.5) is 0 Å². The van der Waals surface area contributed by atoms with Crippen LogP contribution in [0.15, 0.2) is 17.3 Å². The third-order valence-corrected chi connectivity index (χ3v) is 1.47. The van der Waals surface area contributed by atoms with Crippen molar-refractivity contribution in [2.24, 2.45) is 5.10 Å². The van der Waals surface area contributed by atoms with Crippen LogP contribution in [-0.4, -0.2) is 11.6 Å². The number of rotatable bonds is 1. The maximum Gasteiger partial charge on any atom is 0.236 e. The third kappa shape index (κ3) is 2.98. The maximum atomic E-state index is 10.4. The van der Waals surface area contributed by atoms with E-state index in [1.807, 2.05) is 6.08 Å². The van der Waals surface area contributed by atoms with E-state index in [0.29, 0.717) is 0 Å². The summed E-state index contributed by atoms with van der Waals surface area (Å²) >= 11 is 0. The summed E-state index contributed by atoms with van der Waals surface area (Å²) in [5, 5.41) is 3.91. The van der Waals surface area contributed by atoms with Crippen molar-refractivity contribution in [1.29, 1.82) is 0 Å². The molecular weight excluding hydrogens is 140 g/mol. The Kier molecular flexibility index (Phi) is 2.83. The summed E-state index contributed by atoms with van der Waals surface area (Å²) in [5.74, 6) is -0.114. The Hall–Kier alpha value is -1.12. The Morgan fingerprint density at radius 2 is 2.55 bits per heavy atom. The van der Waals surface area contributed by atoms with Gasteiger partial charge in [-0.1, -0.05) is 6.08 Å². The SMILES string of the molecule is CC(=O)N/N=C1/C=CCCC1. The van der Waals surface area contributed by atoms with E-state index in [9.17, 15) is 4.79 Å². The summed E-state index contributed by atoms with van der Waals surface area (Å²) in [6.07, 6.45) is 7.26. The third-order valence-electron chi connectivity index (χ3n) is 1.47. The minimum absolute atomic E-state index is 0.114. The summed E-state index contributed by atoms with van der Waals surface area (Å²) in [7, 11) is 0. The number of nitrogens with zero attached hydrogens (tertiary/aromatic N) is 1. The zero-order valence-corrected chi connectivity index (χ0v) is 6.63.